The third-order valence-corrected chi connectivity index (χ3v) is 0.509. The van der Waals surface area contributed by atoms with Gasteiger partial charge in [-0.15, -0.1) is 0 Å². The molecule has 42 valence electrons. The molecule has 0 unspecified atom stereocenters. The number of hydrogen-bond acceptors (Lipinski definition) is 2. The second-order valence-electron chi connectivity index (χ2n) is 1.63. The molecule has 0 aliphatic rings. The zero-order chi connectivity index (χ0) is 5.70. The van der Waals surface area contributed by atoms with Crippen molar-refractivity contribution in [1.82, 2.24) is 5.32 Å². The Bertz CT molecular complexity index is 62.5. The molecule has 0 fully saturated rings. The maximum absolute atomic E-state index is 5.12. The molecule has 0 aliphatic carbocycles. The summed E-state index contributed by atoms with van der Waals surface area (Å²) in [6.45, 7) is 4.55. The number of rotatable bonds is 2. The Morgan fingerprint density at radius 2 is 2.29 bits per heavy atom. The highest BCUT2D eigenvalue weighted by Crippen LogP contribution is 1.81. The second-order valence-corrected chi connectivity index (χ2v) is 1.63. The lowest BCUT2D eigenvalue weighted by molar-refractivity contribution is 0.874. The number of nitrogens with one attached hydrogen (secondary N) is 1. The lowest BCUT2D eigenvalue weighted by Gasteiger charge is -1.91. The summed E-state index contributed by atoms with van der Waals surface area (Å²) in [7, 11) is 0. The molecule has 2 heteroatoms. The largest absolute Gasteiger partial charge is 0.379 e. The summed E-state index contributed by atoms with van der Waals surface area (Å²) in [6, 6.07) is 0. The van der Waals surface area contributed by atoms with Gasteiger partial charge in [-0.1, -0.05) is 5.57 Å². The minimum atomic E-state index is 0.519. The summed E-state index contributed by atoms with van der Waals surface area (Å²) in [5, 5.41) is 2.86. The van der Waals surface area contributed by atoms with Gasteiger partial charge in [-0.2, -0.15) is 0 Å². The first-order valence-corrected chi connectivity index (χ1v) is 2.34. The van der Waals surface area contributed by atoms with E-state index >= 15 is 0 Å². The van der Waals surface area contributed by atoms with Gasteiger partial charge in [0.15, 0.2) is 0 Å². The minimum absolute atomic E-state index is 0.519. The zero-order valence-corrected chi connectivity index (χ0v) is 4.86. The fraction of sp³-hybridized carbons (Fsp3) is 0.600. The SMILES string of the molecule is CC(C)=CNCN. The van der Waals surface area contributed by atoms with Crippen LogP contribution in [0.4, 0.5) is 0 Å². The summed E-state index contributed by atoms with van der Waals surface area (Å²) in [5.41, 5.74) is 6.36. The molecule has 0 spiro atoms. The summed E-state index contributed by atoms with van der Waals surface area (Å²) in [5.74, 6) is 0. The van der Waals surface area contributed by atoms with E-state index in [2.05, 4.69) is 5.32 Å². The minimum Gasteiger partial charge on any atom is -0.379 e. The van der Waals surface area contributed by atoms with Gasteiger partial charge in [0.25, 0.3) is 0 Å². The molecular formula is C5H12N2. The summed E-state index contributed by atoms with van der Waals surface area (Å²) < 4.78 is 0. The van der Waals surface area contributed by atoms with Crippen molar-refractivity contribution in [1.29, 1.82) is 0 Å². The predicted molar refractivity (Wildman–Crippen MR) is 31.6 cm³/mol. The molecule has 0 aromatic carbocycles. The topological polar surface area (TPSA) is 38.0 Å². The van der Waals surface area contributed by atoms with Crippen molar-refractivity contribution in [3.8, 4) is 0 Å². The quantitative estimate of drug-likeness (QED) is 0.493. The van der Waals surface area contributed by atoms with Gasteiger partial charge in [0.1, 0.15) is 0 Å². The van der Waals surface area contributed by atoms with E-state index in [9.17, 15) is 0 Å². The molecular weight excluding hydrogens is 88.1 g/mol. The molecule has 0 saturated heterocycles. The van der Waals surface area contributed by atoms with Crippen LogP contribution in [0.3, 0.4) is 0 Å². The molecule has 2 nitrogen and oxygen atoms in total. The van der Waals surface area contributed by atoms with Crippen LogP contribution in [0.5, 0.6) is 0 Å². The first kappa shape index (κ1) is 6.50. The summed E-state index contributed by atoms with van der Waals surface area (Å²) in [6.07, 6.45) is 1.89. The normalized spacial score (nSPS) is 7.86. The molecule has 0 atom stereocenters. The molecule has 0 rings (SSSR count). The third kappa shape index (κ3) is 5.50. The Hall–Kier alpha value is -0.500. The highest BCUT2D eigenvalue weighted by atomic mass is 14.9. The van der Waals surface area contributed by atoms with Gasteiger partial charge in [0.2, 0.25) is 0 Å². The average Bonchev–Trinajstić information content (AvgIpc) is 1.61. The zero-order valence-electron chi connectivity index (χ0n) is 4.86. The molecule has 0 aliphatic heterocycles. The number of nitrogens with two attached hydrogens (primary N) is 1. The Morgan fingerprint density at radius 3 is 2.43 bits per heavy atom. The lowest BCUT2D eigenvalue weighted by Crippen LogP contribution is -2.15. The van der Waals surface area contributed by atoms with Crippen molar-refractivity contribution in [3.63, 3.8) is 0 Å². The van der Waals surface area contributed by atoms with Crippen LogP contribution < -0.4 is 11.1 Å². The fourth-order valence-corrected chi connectivity index (χ4v) is 0.263. The van der Waals surface area contributed by atoms with Gasteiger partial charge in [-0.25, -0.2) is 0 Å². The first-order chi connectivity index (χ1) is 3.27. The van der Waals surface area contributed by atoms with Gasteiger partial charge in [-0.3, -0.25) is 0 Å². The smallest absolute Gasteiger partial charge is 0.0622 e. The van der Waals surface area contributed by atoms with E-state index in [1.165, 1.54) is 5.57 Å². The molecule has 0 aromatic heterocycles. The van der Waals surface area contributed by atoms with Crippen LogP contribution in [0.2, 0.25) is 0 Å². The highest BCUT2D eigenvalue weighted by Gasteiger charge is 1.69. The summed E-state index contributed by atoms with van der Waals surface area (Å²) >= 11 is 0. The van der Waals surface area contributed by atoms with E-state index in [1.807, 2.05) is 20.0 Å². The van der Waals surface area contributed by atoms with Crippen molar-refractivity contribution in [2.75, 3.05) is 6.67 Å². The van der Waals surface area contributed by atoms with E-state index in [-0.39, 0.29) is 0 Å². The Morgan fingerprint density at radius 1 is 1.71 bits per heavy atom. The molecule has 0 radical (unpaired) electrons. The van der Waals surface area contributed by atoms with E-state index < -0.39 is 0 Å². The van der Waals surface area contributed by atoms with Crippen LogP contribution in [-0.4, -0.2) is 6.67 Å². The molecule has 0 amide bonds. The Labute approximate surface area is 44.4 Å². The molecule has 0 heterocycles. The average molecular weight is 100 g/mol. The Kier molecular flexibility index (Phi) is 3.42. The maximum Gasteiger partial charge on any atom is 0.0622 e. The van der Waals surface area contributed by atoms with Crippen LogP contribution in [0.25, 0.3) is 0 Å². The molecule has 7 heavy (non-hydrogen) atoms. The van der Waals surface area contributed by atoms with E-state index in [4.69, 9.17) is 5.73 Å². The van der Waals surface area contributed by atoms with Crippen LogP contribution in [0.15, 0.2) is 11.8 Å². The second kappa shape index (κ2) is 3.68. The standard InChI is InChI=1S/C5H12N2/c1-5(2)3-7-4-6/h3,7H,4,6H2,1-2H3. The first-order valence-electron chi connectivity index (χ1n) is 2.34. The monoisotopic (exact) mass is 100 g/mol. The van der Waals surface area contributed by atoms with Gasteiger partial charge in [0.05, 0.1) is 6.67 Å². The fourth-order valence-electron chi connectivity index (χ4n) is 0.263. The Balaban J connectivity index is 3.08. The van der Waals surface area contributed by atoms with Gasteiger partial charge < -0.3 is 11.1 Å². The van der Waals surface area contributed by atoms with Crippen molar-refractivity contribution in [3.05, 3.63) is 11.8 Å². The highest BCUT2D eigenvalue weighted by molar-refractivity contribution is 4.90. The van der Waals surface area contributed by atoms with E-state index in [0.717, 1.165) is 0 Å². The van der Waals surface area contributed by atoms with E-state index in [1.54, 1.807) is 0 Å². The maximum atomic E-state index is 5.12. The lowest BCUT2D eigenvalue weighted by atomic mass is 10.4. The van der Waals surface area contributed by atoms with Crippen molar-refractivity contribution < 1.29 is 0 Å². The van der Waals surface area contributed by atoms with Gasteiger partial charge in [-0.05, 0) is 20.0 Å². The van der Waals surface area contributed by atoms with Crippen molar-refractivity contribution in [2.45, 2.75) is 13.8 Å². The molecule has 0 aromatic rings. The van der Waals surface area contributed by atoms with Crippen LogP contribution in [0, 0.1) is 0 Å². The molecule has 3 N–H and O–H groups in total. The van der Waals surface area contributed by atoms with Gasteiger partial charge in [0, 0.05) is 0 Å². The number of hydrogen-bond donors (Lipinski definition) is 2. The van der Waals surface area contributed by atoms with Crippen molar-refractivity contribution >= 4 is 0 Å². The molecule has 0 bridgehead atoms. The van der Waals surface area contributed by atoms with E-state index in [0.29, 0.717) is 6.67 Å². The number of allylic oxidation sites excluding steroid dienone is 1. The predicted octanol–water partition coefficient (Wildman–Crippen LogP) is 0.416. The van der Waals surface area contributed by atoms with Crippen LogP contribution in [0.1, 0.15) is 13.8 Å². The molecule has 0 saturated carbocycles. The van der Waals surface area contributed by atoms with Gasteiger partial charge >= 0.3 is 0 Å². The van der Waals surface area contributed by atoms with Crippen LogP contribution >= 0.6 is 0 Å². The third-order valence-electron chi connectivity index (χ3n) is 0.509. The summed E-state index contributed by atoms with van der Waals surface area (Å²) in [4.78, 5) is 0. The van der Waals surface area contributed by atoms with Crippen LogP contribution in [-0.2, 0) is 0 Å². The van der Waals surface area contributed by atoms with Crippen molar-refractivity contribution in [2.24, 2.45) is 5.73 Å².